The number of aromatic nitrogens is 1. The Bertz CT molecular complexity index is 743. The van der Waals surface area contributed by atoms with Crippen molar-refractivity contribution in [1.29, 1.82) is 0 Å². The summed E-state index contributed by atoms with van der Waals surface area (Å²) in [4.78, 5) is 19.0. The van der Waals surface area contributed by atoms with E-state index in [1.807, 2.05) is 37.1 Å². The van der Waals surface area contributed by atoms with Crippen LogP contribution in [0.2, 0.25) is 0 Å². The smallest absolute Gasteiger partial charge is 0.261 e. The first-order valence-corrected chi connectivity index (χ1v) is 8.97. The van der Waals surface area contributed by atoms with Crippen LogP contribution in [-0.4, -0.2) is 28.9 Å². The van der Waals surface area contributed by atoms with Gasteiger partial charge in [0.25, 0.3) is 5.91 Å². The van der Waals surface area contributed by atoms with Crippen LogP contribution in [0.4, 0.5) is 0 Å². The van der Waals surface area contributed by atoms with Crippen LogP contribution >= 0.6 is 0 Å². The molecule has 3 rings (SSSR count). The SMILES string of the molecule is Cc1ccc(C)c(OCC(=O)N2CCCC[C@H]2c2cccnc2)c1C. The molecule has 0 spiro atoms. The zero-order chi connectivity index (χ0) is 17.8. The molecule has 0 bridgehead atoms. The van der Waals surface area contributed by atoms with Crippen molar-refractivity contribution in [2.45, 2.75) is 46.1 Å². The second kappa shape index (κ2) is 7.68. The number of hydrogen-bond acceptors (Lipinski definition) is 3. The molecule has 1 amide bonds. The minimum Gasteiger partial charge on any atom is -0.483 e. The van der Waals surface area contributed by atoms with E-state index in [2.05, 4.69) is 24.0 Å². The minimum absolute atomic E-state index is 0.0499. The van der Waals surface area contributed by atoms with Gasteiger partial charge < -0.3 is 9.64 Å². The van der Waals surface area contributed by atoms with Crippen LogP contribution < -0.4 is 4.74 Å². The van der Waals surface area contributed by atoms with Crippen LogP contribution in [0.25, 0.3) is 0 Å². The van der Waals surface area contributed by atoms with E-state index in [1.54, 1.807) is 6.20 Å². The van der Waals surface area contributed by atoms with Gasteiger partial charge >= 0.3 is 0 Å². The Kier molecular flexibility index (Phi) is 5.37. The lowest BCUT2D eigenvalue weighted by Gasteiger charge is -2.36. The monoisotopic (exact) mass is 338 g/mol. The molecular formula is C21H26N2O2. The molecule has 0 radical (unpaired) electrons. The summed E-state index contributed by atoms with van der Waals surface area (Å²) in [6, 6.07) is 8.23. The highest BCUT2D eigenvalue weighted by Gasteiger charge is 2.28. The van der Waals surface area contributed by atoms with E-state index >= 15 is 0 Å². The number of amides is 1. The van der Waals surface area contributed by atoms with Crippen LogP contribution in [0.1, 0.15) is 47.6 Å². The summed E-state index contributed by atoms with van der Waals surface area (Å²) in [7, 11) is 0. The van der Waals surface area contributed by atoms with Crippen molar-refractivity contribution < 1.29 is 9.53 Å². The van der Waals surface area contributed by atoms with Crippen molar-refractivity contribution in [1.82, 2.24) is 9.88 Å². The lowest BCUT2D eigenvalue weighted by atomic mass is 9.96. The standard InChI is InChI=1S/C21H26N2O2/c1-15-9-10-16(2)21(17(15)3)25-14-20(24)23-12-5-4-8-19(23)18-7-6-11-22-13-18/h6-7,9-11,13,19H,4-5,8,12,14H2,1-3H3/t19-/m0/s1. The zero-order valence-electron chi connectivity index (χ0n) is 15.3. The maximum Gasteiger partial charge on any atom is 0.261 e. The molecule has 1 aromatic heterocycles. The van der Waals surface area contributed by atoms with Crippen molar-refractivity contribution in [3.05, 3.63) is 58.9 Å². The van der Waals surface area contributed by atoms with Crippen molar-refractivity contribution in [3.8, 4) is 5.75 Å². The molecule has 1 atom stereocenters. The summed E-state index contributed by atoms with van der Waals surface area (Å²) in [5.41, 5.74) is 4.46. The predicted molar refractivity (Wildman–Crippen MR) is 98.7 cm³/mol. The summed E-state index contributed by atoms with van der Waals surface area (Å²) in [5.74, 6) is 0.886. The summed E-state index contributed by atoms with van der Waals surface area (Å²) >= 11 is 0. The Morgan fingerprint density at radius 1 is 1.20 bits per heavy atom. The Hall–Kier alpha value is -2.36. The van der Waals surface area contributed by atoms with Crippen LogP contribution in [-0.2, 0) is 4.79 Å². The molecule has 4 heteroatoms. The average Bonchev–Trinajstić information content (AvgIpc) is 2.65. The van der Waals surface area contributed by atoms with Crippen molar-refractivity contribution in [2.24, 2.45) is 0 Å². The number of hydrogen-bond donors (Lipinski definition) is 0. The lowest BCUT2D eigenvalue weighted by Crippen LogP contribution is -2.41. The molecule has 1 fully saturated rings. The molecule has 132 valence electrons. The van der Waals surface area contributed by atoms with Crippen molar-refractivity contribution >= 4 is 5.91 Å². The number of ether oxygens (including phenoxy) is 1. The maximum absolute atomic E-state index is 12.8. The molecular weight excluding hydrogens is 312 g/mol. The first-order chi connectivity index (χ1) is 12.1. The first kappa shape index (κ1) is 17.5. The van der Waals surface area contributed by atoms with Crippen LogP contribution in [0.3, 0.4) is 0 Å². The number of aryl methyl sites for hydroxylation is 2. The first-order valence-electron chi connectivity index (χ1n) is 8.97. The van der Waals surface area contributed by atoms with Gasteiger partial charge in [0.2, 0.25) is 0 Å². The van der Waals surface area contributed by atoms with E-state index in [0.29, 0.717) is 0 Å². The van der Waals surface area contributed by atoms with Gasteiger partial charge in [0.05, 0.1) is 6.04 Å². The lowest BCUT2D eigenvalue weighted by molar-refractivity contribution is -0.137. The second-order valence-electron chi connectivity index (χ2n) is 6.83. The Balaban J connectivity index is 1.73. The highest BCUT2D eigenvalue weighted by Crippen LogP contribution is 2.31. The van der Waals surface area contributed by atoms with Crippen LogP contribution in [0, 0.1) is 20.8 Å². The fourth-order valence-electron chi connectivity index (χ4n) is 3.51. The normalized spacial score (nSPS) is 17.4. The predicted octanol–water partition coefficient (Wildman–Crippen LogP) is 4.14. The second-order valence-corrected chi connectivity index (χ2v) is 6.83. The third-order valence-corrected chi connectivity index (χ3v) is 5.11. The zero-order valence-corrected chi connectivity index (χ0v) is 15.3. The molecule has 25 heavy (non-hydrogen) atoms. The Morgan fingerprint density at radius 2 is 2.00 bits per heavy atom. The van der Waals surface area contributed by atoms with Crippen LogP contribution in [0.15, 0.2) is 36.7 Å². The number of piperidine rings is 1. The molecule has 2 heterocycles. The van der Waals surface area contributed by atoms with Gasteiger partial charge in [-0.1, -0.05) is 18.2 Å². The summed E-state index contributed by atoms with van der Waals surface area (Å²) < 4.78 is 5.94. The molecule has 1 aliphatic rings. The molecule has 1 saturated heterocycles. The van der Waals surface area contributed by atoms with Gasteiger partial charge in [-0.25, -0.2) is 0 Å². The number of carbonyl (C=O) groups is 1. The molecule has 0 aliphatic carbocycles. The van der Waals surface area contributed by atoms with Gasteiger partial charge in [0.15, 0.2) is 6.61 Å². The van der Waals surface area contributed by atoms with Gasteiger partial charge in [-0.2, -0.15) is 0 Å². The molecule has 0 unspecified atom stereocenters. The molecule has 4 nitrogen and oxygen atoms in total. The maximum atomic E-state index is 12.8. The molecule has 1 aliphatic heterocycles. The number of likely N-dealkylation sites (tertiary alicyclic amines) is 1. The molecule has 0 saturated carbocycles. The fourth-order valence-corrected chi connectivity index (χ4v) is 3.51. The summed E-state index contributed by atoms with van der Waals surface area (Å²) in [6.07, 6.45) is 6.81. The number of benzene rings is 1. The van der Waals surface area contributed by atoms with Crippen molar-refractivity contribution in [2.75, 3.05) is 13.2 Å². The topological polar surface area (TPSA) is 42.4 Å². The highest BCUT2D eigenvalue weighted by molar-refractivity contribution is 5.78. The van der Waals surface area contributed by atoms with Crippen molar-refractivity contribution in [3.63, 3.8) is 0 Å². The van der Waals surface area contributed by atoms with Crippen LogP contribution in [0.5, 0.6) is 5.75 Å². The van der Waals surface area contributed by atoms with Gasteiger partial charge in [-0.15, -0.1) is 0 Å². The fraction of sp³-hybridized carbons (Fsp3) is 0.429. The molecule has 2 aromatic rings. The average molecular weight is 338 g/mol. The quantitative estimate of drug-likeness (QED) is 0.841. The van der Waals surface area contributed by atoms with E-state index in [-0.39, 0.29) is 18.6 Å². The van der Waals surface area contributed by atoms with E-state index in [4.69, 9.17) is 4.74 Å². The number of nitrogens with zero attached hydrogens (tertiary/aromatic N) is 2. The number of carbonyl (C=O) groups excluding carboxylic acids is 1. The van der Waals surface area contributed by atoms with E-state index in [1.165, 1.54) is 5.56 Å². The Morgan fingerprint density at radius 3 is 2.76 bits per heavy atom. The molecule has 0 N–H and O–H groups in total. The van der Waals surface area contributed by atoms with E-state index in [0.717, 1.165) is 48.2 Å². The third-order valence-electron chi connectivity index (χ3n) is 5.11. The van der Waals surface area contributed by atoms with Gasteiger partial charge in [-0.05, 0) is 68.4 Å². The highest BCUT2D eigenvalue weighted by atomic mass is 16.5. The largest absolute Gasteiger partial charge is 0.483 e. The minimum atomic E-state index is 0.0499. The van der Waals surface area contributed by atoms with Gasteiger partial charge in [0, 0.05) is 18.9 Å². The Labute approximate surface area is 149 Å². The number of pyridine rings is 1. The van der Waals surface area contributed by atoms with E-state index in [9.17, 15) is 4.79 Å². The van der Waals surface area contributed by atoms with E-state index < -0.39 is 0 Å². The molecule has 1 aromatic carbocycles. The van der Waals surface area contributed by atoms with Gasteiger partial charge in [0.1, 0.15) is 5.75 Å². The summed E-state index contributed by atoms with van der Waals surface area (Å²) in [6.45, 7) is 7.00. The number of rotatable bonds is 4. The summed E-state index contributed by atoms with van der Waals surface area (Å²) in [5, 5.41) is 0. The third kappa shape index (κ3) is 3.84. The van der Waals surface area contributed by atoms with Gasteiger partial charge in [-0.3, -0.25) is 9.78 Å².